The van der Waals surface area contributed by atoms with Gasteiger partial charge in [-0.3, -0.25) is 4.79 Å². The molecule has 1 aromatic carbocycles. The quantitative estimate of drug-likeness (QED) is 0.683. The second kappa shape index (κ2) is 3.54. The number of rotatable bonds is 2. The minimum atomic E-state index is 0.816. The molecule has 2 rings (SSSR count). The molecule has 2 heteroatoms. The first-order chi connectivity index (χ1) is 6.76. The van der Waals surface area contributed by atoms with Gasteiger partial charge in [0.1, 0.15) is 0 Å². The molecule has 1 nitrogen and oxygen atoms in total. The van der Waals surface area contributed by atoms with Gasteiger partial charge in [-0.25, -0.2) is 0 Å². The molecule has 0 radical (unpaired) electrons. The highest BCUT2D eigenvalue weighted by Gasteiger charge is 2.05. The van der Waals surface area contributed by atoms with E-state index in [9.17, 15) is 4.79 Å². The zero-order chi connectivity index (χ0) is 10.1. The van der Waals surface area contributed by atoms with Crippen LogP contribution in [0.15, 0.2) is 18.2 Å². The summed E-state index contributed by atoms with van der Waals surface area (Å²) in [5.41, 5.74) is 2.69. The third kappa shape index (κ3) is 1.36. The summed E-state index contributed by atoms with van der Waals surface area (Å²) >= 11 is 1.59. The summed E-state index contributed by atoms with van der Waals surface area (Å²) in [6.07, 6.45) is 1.98. The van der Waals surface area contributed by atoms with Gasteiger partial charge in [-0.2, -0.15) is 0 Å². The first-order valence-corrected chi connectivity index (χ1v) is 5.55. The summed E-state index contributed by atoms with van der Waals surface area (Å²) in [5.74, 6) is 0. The van der Waals surface area contributed by atoms with Gasteiger partial charge >= 0.3 is 0 Å². The van der Waals surface area contributed by atoms with Crippen molar-refractivity contribution in [2.24, 2.45) is 0 Å². The molecule has 0 spiro atoms. The summed E-state index contributed by atoms with van der Waals surface area (Å²) in [6.45, 7) is 4.29. The molecule has 0 aliphatic rings. The largest absolute Gasteiger partial charge is 0.297 e. The molecule has 14 heavy (non-hydrogen) atoms. The number of thiophene rings is 1. The Morgan fingerprint density at radius 1 is 1.43 bits per heavy atom. The number of aryl methyl sites for hydroxylation is 2. The molecule has 0 saturated carbocycles. The van der Waals surface area contributed by atoms with Crippen molar-refractivity contribution in [3.05, 3.63) is 34.2 Å². The average molecular weight is 204 g/mol. The lowest BCUT2D eigenvalue weighted by atomic mass is 10.0. The Morgan fingerprint density at radius 3 is 2.86 bits per heavy atom. The van der Waals surface area contributed by atoms with E-state index >= 15 is 0 Å². The summed E-state index contributed by atoms with van der Waals surface area (Å²) in [7, 11) is 0. The van der Waals surface area contributed by atoms with Crippen LogP contribution in [0.2, 0.25) is 0 Å². The monoisotopic (exact) mass is 204 g/mol. The van der Waals surface area contributed by atoms with Crippen LogP contribution in [0.1, 0.15) is 27.7 Å². The lowest BCUT2D eigenvalue weighted by molar-refractivity contribution is 0.112. The topological polar surface area (TPSA) is 17.1 Å². The standard InChI is InChI=1S/C12H12OS/c1-3-9-4-5-10-6-11(7-13)14-12(10)8(9)2/h4-7H,3H2,1-2H3. The average Bonchev–Trinajstić information content (AvgIpc) is 2.62. The van der Waals surface area contributed by atoms with Crippen LogP contribution in [-0.4, -0.2) is 6.29 Å². The number of fused-ring (bicyclic) bond motifs is 1. The minimum absolute atomic E-state index is 0.816. The van der Waals surface area contributed by atoms with E-state index in [-0.39, 0.29) is 0 Å². The summed E-state index contributed by atoms with van der Waals surface area (Å²) in [6, 6.07) is 6.21. The van der Waals surface area contributed by atoms with Gasteiger partial charge in [0.05, 0.1) is 4.88 Å². The van der Waals surface area contributed by atoms with Gasteiger partial charge in [0, 0.05) is 4.70 Å². The van der Waals surface area contributed by atoms with Crippen molar-refractivity contribution in [1.82, 2.24) is 0 Å². The Labute approximate surface area is 87.4 Å². The van der Waals surface area contributed by atoms with Crippen LogP contribution in [0, 0.1) is 6.92 Å². The Hall–Kier alpha value is -1.15. The number of hydrogen-bond acceptors (Lipinski definition) is 2. The lowest BCUT2D eigenvalue weighted by Crippen LogP contribution is -1.84. The number of benzene rings is 1. The van der Waals surface area contributed by atoms with Gasteiger partial charge in [0.25, 0.3) is 0 Å². The second-order valence-corrected chi connectivity index (χ2v) is 4.47. The van der Waals surface area contributed by atoms with Gasteiger partial charge in [0.15, 0.2) is 6.29 Å². The SMILES string of the molecule is CCc1ccc2cc(C=O)sc2c1C. The van der Waals surface area contributed by atoms with Gasteiger partial charge in [-0.05, 0) is 35.9 Å². The summed E-state index contributed by atoms with van der Waals surface area (Å²) in [4.78, 5) is 11.5. The lowest BCUT2D eigenvalue weighted by Gasteiger charge is -2.02. The molecule has 0 atom stereocenters. The van der Waals surface area contributed by atoms with E-state index in [2.05, 4.69) is 26.0 Å². The van der Waals surface area contributed by atoms with Gasteiger partial charge in [-0.1, -0.05) is 19.1 Å². The first-order valence-electron chi connectivity index (χ1n) is 4.73. The molecule has 0 fully saturated rings. The van der Waals surface area contributed by atoms with E-state index in [1.165, 1.54) is 21.2 Å². The maximum absolute atomic E-state index is 10.7. The predicted molar refractivity (Wildman–Crippen MR) is 61.3 cm³/mol. The number of carbonyl (C=O) groups is 1. The summed E-state index contributed by atoms with van der Waals surface area (Å²) in [5, 5.41) is 1.19. The highest BCUT2D eigenvalue weighted by atomic mass is 32.1. The third-order valence-corrected chi connectivity index (χ3v) is 3.76. The van der Waals surface area contributed by atoms with E-state index in [4.69, 9.17) is 0 Å². The van der Waals surface area contributed by atoms with Crippen molar-refractivity contribution >= 4 is 27.7 Å². The van der Waals surface area contributed by atoms with Gasteiger partial charge in [-0.15, -0.1) is 11.3 Å². The van der Waals surface area contributed by atoms with E-state index in [0.29, 0.717) is 0 Å². The van der Waals surface area contributed by atoms with Gasteiger partial charge in [0.2, 0.25) is 0 Å². The number of hydrogen-bond donors (Lipinski definition) is 0. The Morgan fingerprint density at radius 2 is 2.21 bits per heavy atom. The molecule has 72 valence electrons. The van der Waals surface area contributed by atoms with Gasteiger partial charge < -0.3 is 0 Å². The molecular formula is C12H12OS. The molecule has 0 unspecified atom stereocenters. The predicted octanol–water partition coefficient (Wildman–Crippen LogP) is 3.58. The molecule has 0 aliphatic carbocycles. The zero-order valence-corrected chi connectivity index (χ0v) is 9.15. The Kier molecular flexibility index (Phi) is 2.38. The maximum atomic E-state index is 10.7. The Balaban J connectivity index is 2.74. The van der Waals surface area contributed by atoms with Crippen molar-refractivity contribution in [3.63, 3.8) is 0 Å². The van der Waals surface area contributed by atoms with Crippen molar-refractivity contribution in [1.29, 1.82) is 0 Å². The van der Waals surface area contributed by atoms with Crippen molar-refractivity contribution < 1.29 is 4.79 Å². The first kappa shape index (κ1) is 9.41. The third-order valence-electron chi connectivity index (χ3n) is 2.56. The normalized spacial score (nSPS) is 10.7. The van der Waals surface area contributed by atoms with Crippen LogP contribution in [-0.2, 0) is 6.42 Å². The smallest absolute Gasteiger partial charge is 0.160 e. The maximum Gasteiger partial charge on any atom is 0.160 e. The van der Waals surface area contributed by atoms with Crippen LogP contribution < -0.4 is 0 Å². The molecule has 1 heterocycles. The molecule has 1 aromatic heterocycles. The molecule has 0 bridgehead atoms. The van der Waals surface area contributed by atoms with Crippen LogP contribution in [0.25, 0.3) is 10.1 Å². The van der Waals surface area contributed by atoms with Crippen LogP contribution in [0.5, 0.6) is 0 Å². The Bertz CT molecular complexity index is 482. The second-order valence-electron chi connectivity index (χ2n) is 3.39. The zero-order valence-electron chi connectivity index (χ0n) is 8.33. The summed E-state index contributed by atoms with van der Waals surface area (Å²) < 4.78 is 1.26. The van der Waals surface area contributed by atoms with Crippen molar-refractivity contribution in [2.75, 3.05) is 0 Å². The number of aldehydes is 1. The molecular weight excluding hydrogens is 192 g/mol. The molecule has 0 N–H and O–H groups in total. The molecule has 0 amide bonds. The fourth-order valence-corrected chi connectivity index (χ4v) is 2.74. The van der Waals surface area contributed by atoms with Crippen molar-refractivity contribution in [2.45, 2.75) is 20.3 Å². The fraction of sp³-hybridized carbons (Fsp3) is 0.250. The number of carbonyl (C=O) groups excluding carboxylic acids is 1. The minimum Gasteiger partial charge on any atom is -0.297 e. The van der Waals surface area contributed by atoms with E-state index < -0.39 is 0 Å². The molecule has 0 aliphatic heterocycles. The highest BCUT2D eigenvalue weighted by Crippen LogP contribution is 2.29. The van der Waals surface area contributed by atoms with Crippen LogP contribution in [0.4, 0.5) is 0 Å². The van der Waals surface area contributed by atoms with E-state index in [0.717, 1.165) is 17.6 Å². The molecule has 0 saturated heterocycles. The highest BCUT2D eigenvalue weighted by molar-refractivity contribution is 7.20. The van der Waals surface area contributed by atoms with Crippen molar-refractivity contribution in [3.8, 4) is 0 Å². The van der Waals surface area contributed by atoms with Crippen LogP contribution >= 0.6 is 11.3 Å². The van der Waals surface area contributed by atoms with E-state index in [1.807, 2.05) is 6.07 Å². The molecule has 2 aromatic rings. The van der Waals surface area contributed by atoms with E-state index in [1.54, 1.807) is 11.3 Å². The fourth-order valence-electron chi connectivity index (χ4n) is 1.74. The van der Waals surface area contributed by atoms with Crippen LogP contribution in [0.3, 0.4) is 0 Å².